The Morgan fingerprint density at radius 1 is 1.19 bits per heavy atom. The van der Waals surface area contributed by atoms with Crippen molar-refractivity contribution < 1.29 is 14.3 Å². The van der Waals surface area contributed by atoms with Gasteiger partial charge in [0.15, 0.2) is 0 Å². The van der Waals surface area contributed by atoms with E-state index in [9.17, 15) is 9.59 Å². The van der Waals surface area contributed by atoms with Gasteiger partial charge in [-0.15, -0.1) is 0 Å². The van der Waals surface area contributed by atoms with Gasteiger partial charge in [-0.3, -0.25) is 4.79 Å². The number of likely N-dealkylation sites (tertiary alicyclic amines) is 1. The van der Waals surface area contributed by atoms with E-state index in [0.717, 1.165) is 25.7 Å². The molecule has 0 radical (unpaired) electrons. The van der Waals surface area contributed by atoms with E-state index in [-0.39, 0.29) is 17.9 Å². The van der Waals surface area contributed by atoms with Crippen LogP contribution in [-0.2, 0) is 9.53 Å². The maximum atomic E-state index is 12.6. The average molecular weight is 297 g/mol. The van der Waals surface area contributed by atoms with Crippen LogP contribution in [0, 0.1) is 5.92 Å². The molecule has 3 N–H and O–H groups in total. The minimum Gasteiger partial charge on any atom is -0.444 e. The number of amides is 2. The molecular formula is C15H27N3O3. The fourth-order valence-electron chi connectivity index (χ4n) is 2.56. The summed E-state index contributed by atoms with van der Waals surface area (Å²) in [4.78, 5) is 26.3. The Kier molecular flexibility index (Phi) is 4.76. The van der Waals surface area contributed by atoms with Gasteiger partial charge in [0.25, 0.3) is 0 Å². The van der Waals surface area contributed by atoms with Crippen LogP contribution >= 0.6 is 0 Å². The van der Waals surface area contributed by atoms with Gasteiger partial charge in [-0.1, -0.05) is 0 Å². The normalized spacial score (nSPS) is 21.8. The van der Waals surface area contributed by atoms with Crippen LogP contribution in [0.15, 0.2) is 0 Å². The molecule has 0 aromatic rings. The first-order valence-corrected chi connectivity index (χ1v) is 7.80. The molecule has 0 bridgehead atoms. The molecule has 0 aromatic carbocycles. The Morgan fingerprint density at radius 3 is 2.24 bits per heavy atom. The Labute approximate surface area is 126 Å². The molecule has 6 nitrogen and oxygen atoms in total. The minimum atomic E-state index is -0.556. The summed E-state index contributed by atoms with van der Waals surface area (Å²) < 4.78 is 5.26. The number of rotatable bonds is 3. The highest BCUT2D eigenvalue weighted by molar-refractivity contribution is 5.86. The Bertz CT molecular complexity index is 393. The summed E-state index contributed by atoms with van der Waals surface area (Å²) in [6.45, 7) is 6.80. The topological polar surface area (TPSA) is 84.7 Å². The number of nitrogens with one attached hydrogen (secondary N) is 1. The molecule has 0 spiro atoms. The summed E-state index contributed by atoms with van der Waals surface area (Å²) in [7, 11) is 0. The fourth-order valence-corrected chi connectivity index (χ4v) is 2.56. The zero-order valence-corrected chi connectivity index (χ0v) is 13.2. The van der Waals surface area contributed by atoms with Gasteiger partial charge in [0.2, 0.25) is 5.91 Å². The van der Waals surface area contributed by atoms with E-state index in [1.165, 1.54) is 0 Å². The summed E-state index contributed by atoms with van der Waals surface area (Å²) in [5.74, 6) is 0.260. The van der Waals surface area contributed by atoms with Crippen molar-refractivity contribution in [2.45, 2.75) is 64.1 Å². The molecule has 1 saturated carbocycles. The zero-order chi connectivity index (χ0) is 15.6. The predicted molar refractivity (Wildman–Crippen MR) is 79.7 cm³/mol. The zero-order valence-electron chi connectivity index (χ0n) is 13.2. The van der Waals surface area contributed by atoms with Crippen molar-refractivity contribution in [1.82, 2.24) is 10.2 Å². The molecule has 0 aromatic heterocycles. The van der Waals surface area contributed by atoms with Crippen LogP contribution in [0.25, 0.3) is 0 Å². The third kappa shape index (κ3) is 4.88. The standard InChI is InChI=1S/C15H27N3O3/c1-15(2,3)21-14(20)17-12(10-4-5-10)13(19)18-8-6-11(16)7-9-18/h10-12H,4-9,16H2,1-3H3,(H,17,20)/t12-/m1/s1. The molecular weight excluding hydrogens is 270 g/mol. The van der Waals surface area contributed by atoms with E-state index in [2.05, 4.69) is 5.32 Å². The highest BCUT2D eigenvalue weighted by Gasteiger charge is 2.40. The number of nitrogens with zero attached hydrogens (tertiary/aromatic N) is 1. The molecule has 21 heavy (non-hydrogen) atoms. The summed E-state index contributed by atoms with van der Waals surface area (Å²) in [5.41, 5.74) is 5.31. The molecule has 1 atom stereocenters. The van der Waals surface area contributed by atoms with Crippen molar-refractivity contribution in [2.24, 2.45) is 11.7 Å². The van der Waals surface area contributed by atoms with E-state index < -0.39 is 17.7 Å². The summed E-state index contributed by atoms with van der Waals surface area (Å²) in [6, 6.07) is -0.263. The van der Waals surface area contributed by atoms with E-state index >= 15 is 0 Å². The molecule has 1 aliphatic heterocycles. The van der Waals surface area contributed by atoms with E-state index in [0.29, 0.717) is 13.1 Å². The maximum Gasteiger partial charge on any atom is 0.408 e. The maximum absolute atomic E-state index is 12.6. The van der Waals surface area contributed by atoms with Gasteiger partial charge in [-0.05, 0) is 52.4 Å². The fraction of sp³-hybridized carbons (Fsp3) is 0.867. The molecule has 1 aliphatic carbocycles. The highest BCUT2D eigenvalue weighted by atomic mass is 16.6. The second-order valence-corrected chi connectivity index (χ2v) is 7.12. The number of piperidine rings is 1. The van der Waals surface area contributed by atoms with Crippen LogP contribution in [0.5, 0.6) is 0 Å². The first-order chi connectivity index (χ1) is 9.76. The average Bonchev–Trinajstić information content (AvgIpc) is 3.18. The molecule has 1 heterocycles. The van der Waals surface area contributed by atoms with Crippen molar-refractivity contribution in [1.29, 1.82) is 0 Å². The summed E-state index contributed by atoms with van der Waals surface area (Å²) in [5, 5.41) is 2.76. The lowest BCUT2D eigenvalue weighted by molar-refractivity contribution is -0.135. The highest BCUT2D eigenvalue weighted by Crippen LogP contribution is 2.34. The van der Waals surface area contributed by atoms with Crippen LogP contribution in [0.4, 0.5) is 4.79 Å². The van der Waals surface area contributed by atoms with Gasteiger partial charge in [0, 0.05) is 19.1 Å². The SMILES string of the molecule is CC(C)(C)OC(=O)N[C@@H](C(=O)N1CCC(N)CC1)C1CC1. The Hall–Kier alpha value is -1.30. The van der Waals surface area contributed by atoms with Gasteiger partial charge in [0.05, 0.1) is 0 Å². The van der Waals surface area contributed by atoms with Crippen LogP contribution in [0.1, 0.15) is 46.5 Å². The third-order valence-corrected chi connectivity index (χ3v) is 3.88. The van der Waals surface area contributed by atoms with Crippen LogP contribution in [0.2, 0.25) is 0 Å². The van der Waals surface area contributed by atoms with Crippen LogP contribution < -0.4 is 11.1 Å². The Balaban J connectivity index is 1.92. The molecule has 2 aliphatic rings. The second-order valence-electron chi connectivity index (χ2n) is 7.12. The summed E-state index contributed by atoms with van der Waals surface area (Å²) in [6.07, 6.45) is 3.12. The smallest absolute Gasteiger partial charge is 0.408 e. The first kappa shape index (κ1) is 16.1. The monoisotopic (exact) mass is 297 g/mol. The summed E-state index contributed by atoms with van der Waals surface area (Å²) >= 11 is 0. The molecule has 6 heteroatoms. The lowest BCUT2D eigenvalue weighted by Crippen LogP contribution is -2.53. The number of nitrogens with two attached hydrogens (primary N) is 1. The minimum absolute atomic E-state index is 0.00950. The van der Waals surface area contributed by atoms with Crippen molar-refractivity contribution in [3.05, 3.63) is 0 Å². The lowest BCUT2D eigenvalue weighted by Gasteiger charge is -2.33. The van der Waals surface area contributed by atoms with E-state index in [1.807, 2.05) is 25.7 Å². The van der Waals surface area contributed by atoms with Crippen LogP contribution in [0.3, 0.4) is 0 Å². The van der Waals surface area contributed by atoms with Crippen molar-refractivity contribution in [3.63, 3.8) is 0 Å². The predicted octanol–water partition coefficient (Wildman–Crippen LogP) is 1.24. The van der Waals surface area contributed by atoms with Gasteiger partial charge < -0.3 is 20.7 Å². The molecule has 0 unspecified atom stereocenters. The Morgan fingerprint density at radius 2 is 1.76 bits per heavy atom. The van der Waals surface area contributed by atoms with Crippen molar-refractivity contribution in [2.75, 3.05) is 13.1 Å². The van der Waals surface area contributed by atoms with Crippen molar-refractivity contribution >= 4 is 12.0 Å². The quantitative estimate of drug-likeness (QED) is 0.821. The number of ether oxygens (including phenoxy) is 1. The van der Waals surface area contributed by atoms with E-state index in [4.69, 9.17) is 10.5 Å². The lowest BCUT2D eigenvalue weighted by atomic mass is 10.0. The first-order valence-electron chi connectivity index (χ1n) is 7.80. The number of hydrogen-bond acceptors (Lipinski definition) is 4. The van der Waals surface area contributed by atoms with Crippen molar-refractivity contribution in [3.8, 4) is 0 Å². The van der Waals surface area contributed by atoms with Crippen LogP contribution in [-0.4, -0.2) is 47.7 Å². The number of alkyl carbamates (subject to hydrolysis) is 1. The van der Waals surface area contributed by atoms with Gasteiger partial charge in [0.1, 0.15) is 11.6 Å². The number of carbonyl (C=O) groups excluding carboxylic acids is 2. The molecule has 2 rings (SSSR count). The number of carbonyl (C=O) groups is 2. The van der Waals surface area contributed by atoms with Gasteiger partial charge >= 0.3 is 6.09 Å². The molecule has 2 fully saturated rings. The molecule has 1 saturated heterocycles. The van der Waals surface area contributed by atoms with Gasteiger partial charge in [-0.25, -0.2) is 4.79 Å². The second kappa shape index (κ2) is 6.22. The largest absolute Gasteiger partial charge is 0.444 e. The number of hydrogen-bond donors (Lipinski definition) is 2. The van der Waals surface area contributed by atoms with Gasteiger partial charge in [-0.2, -0.15) is 0 Å². The third-order valence-electron chi connectivity index (χ3n) is 3.88. The van der Waals surface area contributed by atoms with E-state index in [1.54, 1.807) is 0 Å². The molecule has 120 valence electrons. The molecule has 2 amide bonds.